The fourth-order valence-corrected chi connectivity index (χ4v) is 1.43. The van der Waals surface area contributed by atoms with Gasteiger partial charge in [0.1, 0.15) is 0 Å². The average molecular weight is 198 g/mol. The normalized spacial score (nSPS) is 13.9. The Morgan fingerprint density at radius 2 is 1.79 bits per heavy atom. The lowest BCUT2D eigenvalue weighted by atomic mass is 9.89. The Bertz CT molecular complexity index is 155. The van der Waals surface area contributed by atoms with Crippen molar-refractivity contribution >= 4 is 7.12 Å². The predicted molar refractivity (Wildman–Crippen MR) is 61.8 cm³/mol. The molecule has 0 bridgehead atoms. The van der Waals surface area contributed by atoms with E-state index in [4.69, 9.17) is 10.0 Å². The van der Waals surface area contributed by atoms with Crippen LogP contribution in [0.25, 0.3) is 0 Å². The molecule has 3 heteroatoms. The van der Waals surface area contributed by atoms with Gasteiger partial charge in [-0.25, -0.2) is 0 Å². The van der Waals surface area contributed by atoms with Gasteiger partial charge in [-0.3, -0.25) is 0 Å². The molecule has 0 aliphatic rings. The highest BCUT2D eigenvalue weighted by Gasteiger charge is 2.02. The summed E-state index contributed by atoms with van der Waals surface area (Å²) in [6, 6.07) is 0. The molecule has 0 aliphatic heterocycles. The molecule has 0 unspecified atom stereocenters. The van der Waals surface area contributed by atoms with Gasteiger partial charge in [0.25, 0.3) is 0 Å². The molecule has 0 aromatic heterocycles. The second kappa shape index (κ2) is 8.07. The quantitative estimate of drug-likeness (QED) is 0.616. The lowest BCUT2D eigenvalue weighted by molar-refractivity contribution is 0.423. The molecule has 0 saturated heterocycles. The fourth-order valence-electron chi connectivity index (χ4n) is 1.43. The largest absolute Gasteiger partial charge is 0.480 e. The minimum atomic E-state index is -1.29. The van der Waals surface area contributed by atoms with Crippen LogP contribution in [0.4, 0.5) is 0 Å². The van der Waals surface area contributed by atoms with Crippen molar-refractivity contribution in [2.24, 2.45) is 11.8 Å². The first-order valence-corrected chi connectivity index (χ1v) is 5.55. The maximum absolute atomic E-state index is 8.58. The van der Waals surface area contributed by atoms with Gasteiger partial charge in [-0.15, -0.1) is 0 Å². The van der Waals surface area contributed by atoms with Crippen molar-refractivity contribution in [3.63, 3.8) is 0 Å². The Labute approximate surface area is 88.2 Å². The second-order valence-corrected chi connectivity index (χ2v) is 4.51. The maximum atomic E-state index is 8.58. The molecule has 14 heavy (non-hydrogen) atoms. The molecular formula is C11H23BO2. The van der Waals surface area contributed by atoms with E-state index in [0.717, 1.165) is 12.3 Å². The van der Waals surface area contributed by atoms with Crippen LogP contribution in [-0.4, -0.2) is 17.2 Å². The molecule has 0 aliphatic carbocycles. The lowest BCUT2D eigenvalue weighted by Crippen LogP contribution is -2.06. The third-order valence-corrected chi connectivity index (χ3v) is 2.33. The van der Waals surface area contributed by atoms with Crippen LogP contribution in [0.1, 0.15) is 46.5 Å². The van der Waals surface area contributed by atoms with Crippen LogP contribution < -0.4 is 0 Å². The van der Waals surface area contributed by atoms with Gasteiger partial charge >= 0.3 is 7.12 Å². The molecular weight excluding hydrogens is 175 g/mol. The first kappa shape index (κ1) is 13.7. The van der Waals surface area contributed by atoms with Crippen molar-refractivity contribution in [2.45, 2.75) is 46.5 Å². The van der Waals surface area contributed by atoms with Gasteiger partial charge in [-0.2, -0.15) is 0 Å². The van der Waals surface area contributed by atoms with E-state index < -0.39 is 7.12 Å². The molecule has 1 atom stereocenters. The number of rotatable bonds is 7. The first-order valence-electron chi connectivity index (χ1n) is 5.55. The molecule has 0 amide bonds. The summed E-state index contributed by atoms with van der Waals surface area (Å²) in [5.41, 5.74) is 0. The van der Waals surface area contributed by atoms with E-state index in [1.54, 1.807) is 0 Å². The van der Waals surface area contributed by atoms with E-state index in [1.807, 2.05) is 6.08 Å². The van der Waals surface area contributed by atoms with Gasteiger partial charge in [-0.1, -0.05) is 52.1 Å². The van der Waals surface area contributed by atoms with Gasteiger partial charge in [0, 0.05) is 0 Å². The zero-order valence-corrected chi connectivity index (χ0v) is 9.61. The summed E-state index contributed by atoms with van der Waals surface area (Å²) in [7, 11) is -1.29. The zero-order valence-electron chi connectivity index (χ0n) is 9.61. The molecule has 0 radical (unpaired) electrons. The molecule has 0 aromatic carbocycles. The van der Waals surface area contributed by atoms with E-state index >= 15 is 0 Å². The summed E-state index contributed by atoms with van der Waals surface area (Å²) < 4.78 is 0. The Balaban J connectivity index is 3.41. The Kier molecular flexibility index (Phi) is 7.91. The minimum Gasteiger partial charge on any atom is -0.424 e. The van der Waals surface area contributed by atoms with E-state index in [9.17, 15) is 0 Å². The molecule has 0 rings (SSSR count). The number of hydrogen-bond donors (Lipinski definition) is 2. The van der Waals surface area contributed by atoms with Crippen LogP contribution >= 0.6 is 0 Å². The summed E-state index contributed by atoms with van der Waals surface area (Å²) in [4.78, 5) is 0. The Hall–Kier alpha value is -0.275. The third-order valence-electron chi connectivity index (χ3n) is 2.33. The molecule has 0 spiro atoms. The van der Waals surface area contributed by atoms with Crippen molar-refractivity contribution in [1.82, 2.24) is 0 Å². The van der Waals surface area contributed by atoms with E-state index in [1.165, 1.54) is 25.2 Å². The third kappa shape index (κ3) is 9.81. The Morgan fingerprint density at radius 1 is 1.14 bits per heavy atom. The van der Waals surface area contributed by atoms with Crippen molar-refractivity contribution in [3.8, 4) is 0 Å². The Morgan fingerprint density at radius 3 is 2.29 bits per heavy atom. The summed E-state index contributed by atoms with van der Waals surface area (Å²) in [5, 5.41) is 17.2. The maximum Gasteiger partial charge on any atom is 0.480 e. The van der Waals surface area contributed by atoms with Crippen molar-refractivity contribution < 1.29 is 10.0 Å². The highest BCUT2D eigenvalue weighted by Crippen LogP contribution is 2.15. The van der Waals surface area contributed by atoms with Gasteiger partial charge in [0.2, 0.25) is 0 Å². The highest BCUT2D eigenvalue weighted by molar-refractivity contribution is 6.47. The average Bonchev–Trinajstić information content (AvgIpc) is 2.02. The van der Waals surface area contributed by atoms with Crippen LogP contribution in [0.15, 0.2) is 12.1 Å². The van der Waals surface area contributed by atoms with Gasteiger partial charge in [0.15, 0.2) is 0 Å². The zero-order chi connectivity index (χ0) is 11.0. The van der Waals surface area contributed by atoms with Crippen molar-refractivity contribution in [3.05, 3.63) is 12.1 Å². The molecule has 0 saturated carbocycles. The second-order valence-electron chi connectivity index (χ2n) is 4.51. The monoisotopic (exact) mass is 198 g/mol. The van der Waals surface area contributed by atoms with E-state index in [2.05, 4.69) is 20.8 Å². The molecule has 0 fully saturated rings. The van der Waals surface area contributed by atoms with Crippen LogP contribution in [0.3, 0.4) is 0 Å². The fraction of sp³-hybridized carbons (Fsp3) is 0.818. The molecule has 2 nitrogen and oxygen atoms in total. The SMILES string of the molecule is CC(C)CCC[C@H](C)C/C=C/B(O)O. The van der Waals surface area contributed by atoms with Crippen molar-refractivity contribution in [2.75, 3.05) is 0 Å². The van der Waals surface area contributed by atoms with Crippen LogP contribution in [0.5, 0.6) is 0 Å². The predicted octanol–water partition coefficient (Wildman–Crippen LogP) is 2.41. The van der Waals surface area contributed by atoms with E-state index in [-0.39, 0.29) is 0 Å². The molecule has 82 valence electrons. The number of hydrogen-bond acceptors (Lipinski definition) is 2. The molecule has 0 heterocycles. The lowest BCUT2D eigenvalue weighted by Gasteiger charge is -2.09. The summed E-state index contributed by atoms with van der Waals surface area (Å²) in [6.07, 6.45) is 6.58. The van der Waals surface area contributed by atoms with Crippen LogP contribution in [0, 0.1) is 11.8 Å². The van der Waals surface area contributed by atoms with Crippen LogP contribution in [0.2, 0.25) is 0 Å². The summed E-state index contributed by atoms with van der Waals surface area (Å²) >= 11 is 0. The van der Waals surface area contributed by atoms with Gasteiger partial charge in [0.05, 0.1) is 0 Å². The molecule has 0 aromatic rings. The van der Waals surface area contributed by atoms with Crippen LogP contribution in [-0.2, 0) is 0 Å². The number of allylic oxidation sites excluding steroid dienone is 1. The van der Waals surface area contributed by atoms with Gasteiger partial charge < -0.3 is 10.0 Å². The van der Waals surface area contributed by atoms with Gasteiger partial charge in [-0.05, 0) is 18.3 Å². The molecule has 2 N–H and O–H groups in total. The standard InChI is InChI=1S/C11H23BO2/c1-10(2)6-4-7-11(3)8-5-9-12(13)14/h5,9-11,13-14H,4,6-8H2,1-3H3/b9-5+/t11-/m0/s1. The van der Waals surface area contributed by atoms with E-state index in [0.29, 0.717) is 5.92 Å². The summed E-state index contributed by atoms with van der Waals surface area (Å²) in [6.45, 7) is 6.69. The summed E-state index contributed by atoms with van der Waals surface area (Å²) in [5.74, 6) is 2.86. The smallest absolute Gasteiger partial charge is 0.424 e. The first-order chi connectivity index (χ1) is 6.52. The topological polar surface area (TPSA) is 40.5 Å². The minimum absolute atomic E-state index is 0.642. The van der Waals surface area contributed by atoms with Crippen molar-refractivity contribution in [1.29, 1.82) is 0 Å². The highest BCUT2D eigenvalue weighted by atomic mass is 16.4.